The van der Waals surface area contributed by atoms with Crippen molar-refractivity contribution in [1.82, 2.24) is 15.2 Å². The topological polar surface area (TPSA) is 58.6 Å². The number of hydrogen-bond donors (Lipinski definition) is 1. The fourth-order valence-electron chi connectivity index (χ4n) is 2.07. The third-order valence-corrected chi connectivity index (χ3v) is 3.11. The molecule has 0 unspecified atom stereocenters. The van der Waals surface area contributed by atoms with Gasteiger partial charge < -0.3 is 0 Å². The van der Waals surface area contributed by atoms with Crippen LogP contribution in [0.5, 0.6) is 0 Å². The Morgan fingerprint density at radius 3 is 2.90 bits per heavy atom. The zero-order chi connectivity index (χ0) is 14.1. The zero-order valence-corrected chi connectivity index (χ0v) is 10.9. The number of pyridine rings is 1. The Kier molecular flexibility index (Phi) is 3.02. The second-order valence-corrected chi connectivity index (χ2v) is 4.45. The molecule has 3 rings (SSSR count). The Morgan fingerprint density at radius 1 is 1.30 bits per heavy atom. The van der Waals surface area contributed by atoms with Crippen LogP contribution in [0.15, 0.2) is 36.4 Å². The standard InChI is InChI=1S/C15H12FN3O/c1-2-13(20)11-6-7-12-15(17-11)14(19-18-12)9-4-3-5-10(16)8-9/h3-8H,2H2,1H3,(H,18,19). The number of nitrogens with one attached hydrogen (secondary N) is 1. The first-order valence-electron chi connectivity index (χ1n) is 6.33. The molecule has 0 fully saturated rings. The molecule has 4 nitrogen and oxygen atoms in total. The van der Waals surface area contributed by atoms with Crippen LogP contribution in [0.1, 0.15) is 23.8 Å². The molecule has 0 aliphatic heterocycles. The van der Waals surface area contributed by atoms with Crippen LogP contribution in [-0.4, -0.2) is 21.0 Å². The van der Waals surface area contributed by atoms with Gasteiger partial charge in [-0.15, -0.1) is 0 Å². The quantitative estimate of drug-likeness (QED) is 0.742. The number of aromatic nitrogens is 3. The Balaban J connectivity index is 2.19. The number of hydrogen-bond acceptors (Lipinski definition) is 3. The second kappa shape index (κ2) is 4.85. The van der Waals surface area contributed by atoms with Gasteiger partial charge in [-0.3, -0.25) is 9.89 Å². The van der Waals surface area contributed by atoms with Crippen molar-refractivity contribution in [2.75, 3.05) is 0 Å². The molecule has 1 N–H and O–H groups in total. The average Bonchev–Trinajstić information content (AvgIpc) is 2.89. The number of nitrogens with zero attached hydrogens (tertiary/aromatic N) is 2. The molecule has 0 spiro atoms. The summed E-state index contributed by atoms with van der Waals surface area (Å²) in [4.78, 5) is 16.1. The molecule has 2 heterocycles. The molecule has 1 aromatic carbocycles. The van der Waals surface area contributed by atoms with Crippen LogP contribution in [-0.2, 0) is 0 Å². The number of halogens is 1. The molecular weight excluding hydrogens is 257 g/mol. The van der Waals surface area contributed by atoms with Gasteiger partial charge in [0.2, 0.25) is 0 Å². The van der Waals surface area contributed by atoms with E-state index in [1.165, 1.54) is 12.1 Å². The van der Waals surface area contributed by atoms with Gasteiger partial charge in [0.05, 0.1) is 5.52 Å². The van der Waals surface area contributed by atoms with Crippen molar-refractivity contribution in [2.45, 2.75) is 13.3 Å². The number of H-pyrrole nitrogens is 1. The van der Waals surface area contributed by atoms with E-state index >= 15 is 0 Å². The van der Waals surface area contributed by atoms with Gasteiger partial charge in [-0.2, -0.15) is 5.10 Å². The highest BCUT2D eigenvalue weighted by Crippen LogP contribution is 2.25. The molecule has 0 saturated carbocycles. The molecule has 3 aromatic rings. The van der Waals surface area contributed by atoms with Gasteiger partial charge >= 0.3 is 0 Å². The molecule has 2 aromatic heterocycles. The SMILES string of the molecule is CCC(=O)c1ccc2[nH]nc(-c3cccc(F)c3)c2n1. The van der Waals surface area contributed by atoms with Crippen LogP contribution in [0.3, 0.4) is 0 Å². The van der Waals surface area contributed by atoms with E-state index in [-0.39, 0.29) is 11.6 Å². The first-order valence-corrected chi connectivity index (χ1v) is 6.33. The van der Waals surface area contributed by atoms with Gasteiger partial charge in [-0.05, 0) is 24.3 Å². The number of carbonyl (C=O) groups excluding carboxylic acids is 1. The van der Waals surface area contributed by atoms with Gasteiger partial charge in [0.25, 0.3) is 0 Å². The number of carbonyl (C=O) groups is 1. The summed E-state index contributed by atoms with van der Waals surface area (Å²) >= 11 is 0. The normalized spacial score (nSPS) is 10.9. The summed E-state index contributed by atoms with van der Waals surface area (Å²) < 4.78 is 13.3. The van der Waals surface area contributed by atoms with Crippen molar-refractivity contribution in [3.8, 4) is 11.3 Å². The summed E-state index contributed by atoms with van der Waals surface area (Å²) in [5.74, 6) is -0.363. The predicted molar refractivity (Wildman–Crippen MR) is 73.9 cm³/mol. The van der Waals surface area contributed by atoms with E-state index in [0.717, 1.165) is 5.52 Å². The smallest absolute Gasteiger partial charge is 0.180 e. The predicted octanol–water partition coefficient (Wildman–Crippen LogP) is 3.36. The van der Waals surface area contributed by atoms with Gasteiger partial charge in [0.1, 0.15) is 22.7 Å². The second-order valence-electron chi connectivity index (χ2n) is 4.45. The number of ketones is 1. The monoisotopic (exact) mass is 269 g/mol. The first kappa shape index (κ1) is 12.5. The van der Waals surface area contributed by atoms with Crippen LogP contribution >= 0.6 is 0 Å². The zero-order valence-electron chi connectivity index (χ0n) is 10.9. The molecule has 0 amide bonds. The van der Waals surface area contributed by atoms with Crippen molar-refractivity contribution in [2.24, 2.45) is 0 Å². The Morgan fingerprint density at radius 2 is 2.15 bits per heavy atom. The van der Waals surface area contributed by atoms with E-state index in [9.17, 15) is 9.18 Å². The Labute approximate surface area is 114 Å². The number of Topliss-reactive ketones (excluding diaryl/α,β-unsaturated/α-hetero) is 1. The lowest BCUT2D eigenvalue weighted by Gasteiger charge is -2.00. The molecule has 20 heavy (non-hydrogen) atoms. The van der Waals surface area contributed by atoms with Gasteiger partial charge in [-0.25, -0.2) is 9.37 Å². The molecule has 0 atom stereocenters. The number of fused-ring (bicyclic) bond motifs is 1. The van der Waals surface area contributed by atoms with Crippen molar-refractivity contribution in [1.29, 1.82) is 0 Å². The highest BCUT2D eigenvalue weighted by molar-refractivity contribution is 5.98. The summed E-state index contributed by atoms with van der Waals surface area (Å²) in [5.41, 5.74) is 2.88. The van der Waals surface area contributed by atoms with Crippen molar-refractivity contribution in [3.63, 3.8) is 0 Å². The van der Waals surface area contributed by atoms with Crippen LogP contribution < -0.4 is 0 Å². The minimum Gasteiger partial charge on any atom is -0.292 e. The molecule has 0 aliphatic carbocycles. The Bertz CT molecular complexity index is 795. The largest absolute Gasteiger partial charge is 0.292 e. The maximum absolute atomic E-state index is 13.3. The highest BCUT2D eigenvalue weighted by Gasteiger charge is 2.13. The lowest BCUT2D eigenvalue weighted by Crippen LogP contribution is -1.99. The molecule has 0 aliphatic rings. The van der Waals surface area contributed by atoms with Gasteiger partial charge in [-0.1, -0.05) is 19.1 Å². The minimum atomic E-state index is -0.334. The highest BCUT2D eigenvalue weighted by atomic mass is 19.1. The first-order chi connectivity index (χ1) is 9.69. The molecule has 5 heteroatoms. The van der Waals surface area contributed by atoms with E-state index in [2.05, 4.69) is 15.2 Å². The lowest BCUT2D eigenvalue weighted by molar-refractivity contribution is 0.0984. The van der Waals surface area contributed by atoms with Crippen molar-refractivity contribution < 1.29 is 9.18 Å². The number of aromatic amines is 1. The van der Waals surface area contributed by atoms with Crippen LogP contribution in [0.4, 0.5) is 4.39 Å². The van der Waals surface area contributed by atoms with E-state index < -0.39 is 0 Å². The minimum absolute atomic E-state index is 0.0294. The maximum Gasteiger partial charge on any atom is 0.180 e. The van der Waals surface area contributed by atoms with Crippen LogP contribution in [0.25, 0.3) is 22.3 Å². The third-order valence-electron chi connectivity index (χ3n) is 3.11. The van der Waals surface area contributed by atoms with Gasteiger partial charge in [0, 0.05) is 12.0 Å². The van der Waals surface area contributed by atoms with Crippen LogP contribution in [0, 0.1) is 5.82 Å². The summed E-state index contributed by atoms with van der Waals surface area (Å²) in [6.45, 7) is 1.79. The van der Waals surface area contributed by atoms with E-state index in [1.54, 1.807) is 31.2 Å². The summed E-state index contributed by atoms with van der Waals surface area (Å²) in [6.07, 6.45) is 0.395. The molecule has 100 valence electrons. The van der Waals surface area contributed by atoms with E-state index in [4.69, 9.17) is 0 Å². The van der Waals surface area contributed by atoms with E-state index in [1.807, 2.05) is 0 Å². The van der Waals surface area contributed by atoms with E-state index in [0.29, 0.717) is 28.9 Å². The number of benzene rings is 1. The van der Waals surface area contributed by atoms with Crippen molar-refractivity contribution in [3.05, 3.63) is 47.9 Å². The fraction of sp³-hybridized carbons (Fsp3) is 0.133. The fourth-order valence-corrected chi connectivity index (χ4v) is 2.07. The summed E-state index contributed by atoms with van der Waals surface area (Å²) in [7, 11) is 0. The average molecular weight is 269 g/mol. The molecular formula is C15H12FN3O. The summed E-state index contributed by atoms with van der Waals surface area (Å²) in [6, 6.07) is 9.58. The third kappa shape index (κ3) is 2.07. The number of rotatable bonds is 3. The Hall–Kier alpha value is -2.56. The van der Waals surface area contributed by atoms with Crippen LogP contribution in [0.2, 0.25) is 0 Å². The van der Waals surface area contributed by atoms with Gasteiger partial charge in [0.15, 0.2) is 5.78 Å². The molecule has 0 saturated heterocycles. The lowest BCUT2D eigenvalue weighted by atomic mass is 10.1. The molecule has 0 bridgehead atoms. The maximum atomic E-state index is 13.3. The molecule has 0 radical (unpaired) electrons. The summed E-state index contributed by atoms with van der Waals surface area (Å²) in [5, 5.41) is 7.01. The van der Waals surface area contributed by atoms with Crippen molar-refractivity contribution >= 4 is 16.8 Å².